The van der Waals surface area contributed by atoms with Gasteiger partial charge in [-0.15, -0.1) is 0 Å². The van der Waals surface area contributed by atoms with Crippen molar-refractivity contribution in [2.75, 3.05) is 39.5 Å². The quantitative estimate of drug-likeness (QED) is 0.156. The minimum atomic E-state index is -0.781. The Bertz CT molecular complexity index is 423. The van der Waals surface area contributed by atoms with Gasteiger partial charge >= 0.3 is 17.9 Å². The lowest BCUT2D eigenvalue weighted by molar-refractivity contribution is -0.162. The molecule has 0 bridgehead atoms. The summed E-state index contributed by atoms with van der Waals surface area (Å²) in [5, 5.41) is 0. The molecular formula is C21H41N3O6. The van der Waals surface area contributed by atoms with Crippen LogP contribution in [-0.4, -0.2) is 57.4 Å². The van der Waals surface area contributed by atoms with Gasteiger partial charge in [0, 0.05) is 19.3 Å². The van der Waals surface area contributed by atoms with Crippen molar-refractivity contribution >= 4 is 17.9 Å². The molecule has 0 saturated heterocycles. The minimum absolute atomic E-state index is 0.0110. The fourth-order valence-corrected chi connectivity index (χ4v) is 2.59. The molecule has 0 aromatic carbocycles. The Morgan fingerprint density at radius 2 is 0.900 bits per heavy atom. The lowest BCUT2D eigenvalue weighted by Crippen LogP contribution is -2.39. The highest BCUT2D eigenvalue weighted by Crippen LogP contribution is 2.25. The summed E-state index contributed by atoms with van der Waals surface area (Å²) in [6, 6.07) is 0. The second-order valence-electron chi connectivity index (χ2n) is 7.57. The topological polar surface area (TPSA) is 157 Å². The molecule has 0 aliphatic carbocycles. The number of rotatable bonds is 19. The smallest absolute Gasteiger partial charge is 0.305 e. The van der Waals surface area contributed by atoms with E-state index in [4.69, 9.17) is 31.4 Å². The second kappa shape index (κ2) is 18.1. The summed E-state index contributed by atoms with van der Waals surface area (Å²) in [5.41, 5.74) is 15.5. The Kier molecular flexibility index (Phi) is 17.1. The first-order valence-electron chi connectivity index (χ1n) is 11.0. The highest BCUT2D eigenvalue weighted by Gasteiger charge is 2.34. The van der Waals surface area contributed by atoms with E-state index in [-0.39, 0.29) is 57.0 Å². The molecule has 0 aliphatic rings. The van der Waals surface area contributed by atoms with Crippen molar-refractivity contribution < 1.29 is 28.6 Å². The number of ether oxygens (including phenoxy) is 3. The van der Waals surface area contributed by atoms with E-state index in [1.807, 2.05) is 6.92 Å². The maximum absolute atomic E-state index is 12.0. The van der Waals surface area contributed by atoms with Gasteiger partial charge in [-0.25, -0.2) is 0 Å². The fraction of sp³-hybridized carbons (Fsp3) is 0.857. The van der Waals surface area contributed by atoms with Crippen LogP contribution in [0.15, 0.2) is 0 Å². The molecule has 176 valence electrons. The molecule has 0 saturated carbocycles. The zero-order chi connectivity index (χ0) is 22.7. The molecule has 0 aliphatic heterocycles. The maximum atomic E-state index is 12.0. The SMILES string of the molecule is CCC(COC(=O)CCCCN)(COC(=O)CCCCN)COC(=O)CCCCN. The number of hydrogen-bond acceptors (Lipinski definition) is 9. The monoisotopic (exact) mass is 431 g/mol. The van der Waals surface area contributed by atoms with Crippen molar-refractivity contribution in [2.24, 2.45) is 22.6 Å². The number of esters is 3. The summed E-state index contributed by atoms with van der Waals surface area (Å²) in [6.07, 6.45) is 5.52. The first kappa shape index (κ1) is 28.3. The largest absolute Gasteiger partial charge is 0.465 e. The van der Waals surface area contributed by atoms with Crippen LogP contribution in [0.25, 0.3) is 0 Å². The van der Waals surface area contributed by atoms with E-state index in [0.717, 1.165) is 19.3 Å². The third-order valence-electron chi connectivity index (χ3n) is 4.87. The van der Waals surface area contributed by atoms with E-state index in [0.29, 0.717) is 45.3 Å². The van der Waals surface area contributed by atoms with Crippen LogP contribution in [0, 0.1) is 5.41 Å². The molecule has 9 heteroatoms. The normalized spacial score (nSPS) is 11.2. The van der Waals surface area contributed by atoms with E-state index < -0.39 is 5.41 Å². The van der Waals surface area contributed by atoms with E-state index in [9.17, 15) is 14.4 Å². The van der Waals surface area contributed by atoms with E-state index in [2.05, 4.69) is 0 Å². The van der Waals surface area contributed by atoms with Crippen LogP contribution in [0.3, 0.4) is 0 Å². The van der Waals surface area contributed by atoms with Crippen LogP contribution in [-0.2, 0) is 28.6 Å². The molecule has 0 aromatic heterocycles. The summed E-state index contributed by atoms with van der Waals surface area (Å²) in [5.74, 6) is -1.03. The molecule has 0 unspecified atom stereocenters. The van der Waals surface area contributed by atoms with Crippen molar-refractivity contribution in [1.29, 1.82) is 0 Å². The first-order valence-corrected chi connectivity index (χ1v) is 11.0. The van der Waals surface area contributed by atoms with Gasteiger partial charge in [-0.2, -0.15) is 0 Å². The molecular weight excluding hydrogens is 390 g/mol. The molecule has 0 fully saturated rings. The van der Waals surface area contributed by atoms with Crippen LogP contribution in [0.4, 0.5) is 0 Å². The van der Waals surface area contributed by atoms with Gasteiger partial charge in [0.2, 0.25) is 0 Å². The zero-order valence-corrected chi connectivity index (χ0v) is 18.5. The lowest BCUT2D eigenvalue weighted by atomic mass is 9.88. The fourth-order valence-electron chi connectivity index (χ4n) is 2.59. The van der Waals surface area contributed by atoms with Gasteiger partial charge in [-0.1, -0.05) is 6.92 Å². The van der Waals surface area contributed by atoms with Crippen molar-refractivity contribution in [3.8, 4) is 0 Å². The molecule has 0 spiro atoms. The van der Waals surface area contributed by atoms with E-state index >= 15 is 0 Å². The summed E-state index contributed by atoms with van der Waals surface area (Å²) in [4.78, 5) is 36.0. The van der Waals surface area contributed by atoms with Crippen molar-refractivity contribution in [3.63, 3.8) is 0 Å². The Balaban J connectivity index is 4.80. The van der Waals surface area contributed by atoms with Crippen LogP contribution in [0.1, 0.15) is 71.1 Å². The van der Waals surface area contributed by atoms with Crippen LogP contribution >= 0.6 is 0 Å². The van der Waals surface area contributed by atoms with Crippen molar-refractivity contribution in [2.45, 2.75) is 71.1 Å². The third kappa shape index (κ3) is 14.3. The van der Waals surface area contributed by atoms with Gasteiger partial charge in [-0.3, -0.25) is 14.4 Å². The van der Waals surface area contributed by atoms with Crippen LogP contribution < -0.4 is 17.2 Å². The molecule has 0 heterocycles. The van der Waals surface area contributed by atoms with Gasteiger partial charge in [0.05, 0.1) is 5.41 Å². The van der Waals surface area contributed by atoms with Gasteiger partial charge in [0.25, 0.3) is 0 Å². The maximum Gasteiger partial charge on any atom is 0.305 e. The van der Waals surface area contributed by atoms with E-state index in [1.54, 1.807) is 0 Å². The highest BCUT2D eigenvalue weighted by molar-refractivity contribution is 5.70. The number of carbonyl (C=O) groups is 3. The number of nitrogens with two attached hydrogens (primary N) is 3. The molecule has 0 aromatic rings. The second-order valence-corrected chi connectivity index (χ2v) is 7.57. The molecule has 0 rings (SSSR count). The third-order valence-corrected chi connectivity index (χ3v) is 4.87. The van der Waals surface area contributed by atoms with Crippen molar-refractivity contribution in [3.05, 3.63) is 0 Å². The number of carbonyl (C=O) groups excluding carboxylic acids is 3. The molecule has 0 radical (unpaired) electrons. The highest BCUT2D eigenvalue weighted by atomic mass is 16.6. The molecule has 0 amide bonds. The average molecular weight is 432 g/mol. The molecule has 30 heavy (non-hydrogen) atoms. The minimum Gasteiger partial charge on any atom is -0.465 e. The Hall–Kier alpha value is -1.71. The number of hydrogen-bond donors (Lipinski definition) is 3. The van der Waals surface area contributed by atoms with Crippen molar-refractivity contribution in [1.82, 2.24) is 0 Å². The summed E-state index contributed by atoms with van der Waals surface area (Å²) in [6.45, 7) is 3.48. The summed E-state index contributed by atoms with van der Waals surface area (Å²) >= 11 is 0. The van der Waals surface area contributed by atoms with Crippen LogP contribution in [0.5, 0.6) is 0 Å². The Morgan fingerprint density at radius 3 is 1.13 bits per heavy atom. The number of unbranched alkanes of at least 4 members (excludes halogenated alkanes) is 3. The average Bonchev–Trinajstić information content (AvgIpc) is 2.74. The van der Waals surface area contributed by atoms with Gasteiger partial charge in [0.15, 0.2) is 0 Å². The van der Waals surface area contributed by atoms with E-state index in [1.165, 1.54) is 0 Å². The lowest BCUT2D eigenvalue weighted by Gasteiger charge is -2.31. The summed E-state index contributed by atoms with van der Waals surface area (Å²) in [7, 11) is 0. The zero-order valence-electron chi connectivity index (χ0n) is 18.5. The van der Waals surface area contributed by atoms with Gasteiger partial charge in [-0.05, 0) is 64.6 Å². The van der Waals surface area contributed by atoms with Gasteiger partial charge in [0.1, 0.15) is 19.8 Å². The Labute approximate surface area is 180 Å². The standard InChI is InChI=1S/C21H41N3O6/c1-2-21(15-28-18(25)9-3-6-12-22,16-29-19(26)10-4-7-13-23)17-30-20(27)11-5-8-14-24/h2-17,22-24H2,1H3. The first-order chi connectivity index (χ1) is 14.4. The molecule has 0 atom stereocenters. The predicted molar refractivity (Wildman–Crippen MR) is 114 cm³/mol. The summed E-state index contributed by atoms with van der Waals surface area (Å²) < 4.78 is 16.2. The Morgan fingerprint density at radius 1 is 0.600 bits per heavy atom. The van der Waals surface area contributed by atoms with Crippen LogP contribution in [0.2, 0.25) is 0 Å². The molecule has 6 N–H and O–H groups in total. The van der Waals surface area contributed by atoms with Gasteiger partial charge < -0.3 is 31.4 Å². The predicted octanol–water partition coefficient (Wildman–Crippen LogP) is 1.40. The molecule has 9 nitrogen and oxygen atoms in total.